The summed E-state index contributed by atoms with van der Waals surface area (Å²) in [6.07, 6.45) is 5.31. The van der Waals surface area contributed by atoms with E-state index in [0.29, 0.717) is 16.6 Å². The van der Waals surface area contributed by atoms with Crippen LogP contribution in [0.2, 0.25) is 5.02 Å². The molecule has 2 aliphatic rings. The Balaban J connectivity index is 1.66. The van der Waals surface area contributed by atoms with E-state index in [1.807, 2.05) is 12.1 Å². The number of hydrogen-bond acceptors (Lipinski definition) is 3. The third-order valence-corrected chi connectivity index (χ3v) is 4.78. The second kappa shape index (κ2) is 6.79. The van der Waals surface area contributed by atoms with Gasteiger partial charge in [0.1, 0.15) is 0 Å². The SMILES string of the molecule is N#Cc1ccc(CN(CC2CC2)CC2CCCN2)c(Cl)c1. The Bertz CT molecular complexity index is 527. The van der Waals surface area contributed by atoms with E-state index in [9.17, 15) is 0 Å². The second-order valence-electron chi connectivity index (χ2n) is 6.35. The van der Waals surface area contributed by atoms with Crippen molar-refractivity contribution in [3.05, 3.63) is 34.3 Å². The minimum atomic E-state index is 0.626. The molecule has 1 saturated carbocycles. The largest absolute Gasteiger partial charge is 0.313 e. The van der Waals surface area contributed by atoms with Gasteiger partial charge in [-0.15, -0.1) is 0 Å². The summed E-state index contributed by atoms with van der Waals surface area (Å²) in [5, 5.41) is 13.2. The van der Waals surface area contributed by atoms with Gasteiger partial charge in [-0.25, -0.2) is 0 Å². The van der Waals surface area contributed by atoms with Gasteiger partial charge in [0.05, 0.1) is 11.6 Å². The average molecular weight is 304 g/mol. The lowest BCUT2D eigenvalue weighted by atomic mass is 10.1. The van der Waals surface area contributed by atoms with Gasteiger partial charge in [-0.3, -0.25) is 4.90 Å². The highest BCUT2D eigenvalue weighted by Gasteiger charge is 2.26. The van der Waals surface area contributed by atoms with Crippen LogP contribution in [0.25, 0.3) is 0 Å². The van der Waals surface area contributed by atoms with Crippen molar-refractivity contribution in [3.63, 3.8) is 0 Å². The van der Waals surface area contributed by atoms with Crippen LogP contribution < -0.4 is 5.32 Å². The summed E-state index contributed by atoms with van der Waals surface area (Å²) in [7, 11) is 0. The van der Waals surface area contributed by atoms with E-state index in [1.54, 1.807) is 6.07 Å². The molecule has 1 aromatic carbocycles. The van der Waals surface area contributed by atoms with Crippen LogP contribution in [0.3, 0.4) is 0 Å². The molecule has 2 fully saturated rings. The van der Waals surface area contributed by atoms with Crippen LogP contribution in [-0.2, 0) is 6.54 Å². The lowest BCUT2D eigenvalue weighted by molar-refractivity contribution is 0.232. The summed E-state index contributed by atoms with van der Waals surface area (Å²) < 4.78 is 0. The third-order valence-electron chi connectivity index (χ3n) is 4.43. The smallest absolute Gasteiger partial charge is 0.0992 e. The zero-order valence-corrected chi connectivity index (χ0v) is 13.1. The fourth-order valence-corrected chi connectivity index (χ4v) is 3.32. The molecule has 1 aliphatic heterocycles. The number of nitriles is 1. The summed E-state index contributed by atoms with van der Waals surface area (Å²) in [6.45, 7) is 4.32. The van der Waals surface area contributed by atoms with Crippen molar-refractivity contribution in [1.82, 2.24) is 10.2 Å². The maximum Gasteiger partial charge on any atom is 0.0992 e. The first kappa shape index (κ1) is 14.8. The topological polar surface area (TPSA) is 39.1 Å². The molecular weight excluding hydrogens is 282 g/mol. The maximum atomic E-state index is 8.92. The van der Waals surface area contributed by atoms with E-state index in [0.717, 1.165) is 31.1 Å². The van der Waals surface area contributed by atoms with Crippen LogP contribution in [0.15, 0.2) is 18.2 Å². The highest BCUT2D eigenvalue weighted by Crippen LogP contribution is 2.31. The molecule has 1 aromatic rings. The van der Waals surface area contributed by atoms with Gasteiger partial charge < -0.3 is 5.32 Å². The zero-order valence-electron chi connectivity index (χ0n) is 12.3. The normalized spacial score (nSPS) is 21.7. The van der Waals surface area contributed by atoms with Gasteiger partial charge in [-0.05, 0) is 55.8 Å². The van der Waals surface area contributed by atoms with Gasteiger partial charge in [0.15, 0.2) is 0 Å². The predicted molar refractivity (Wildman–Crippen MR) is 85.2 cm³/mol. The van der Waals surface area contributed by atoms with Gasteiger partial charge in [0, 0.05) is 30.7 Å². The molecule has 0 amide bonds. The first-order valence-electron chi connectivity index (χ1n) is 7.89. The molecule has 3 nitrogen and oxygen atoms in total. The molecule has 0 spiro atoms. The quantitative estimate of drug-likeness (QED) is 0.877. The van der Waals surface area contributed by atoms with Gasteiger partial charge >= 0.3 is 0 Å². The number of hydrogen-bond donors (Lipinski definition) is 1. The second-order valence-corrected chi connectivity index (χ2v) is 6.76. The number of halogens is 1. The lowest BCUT2D eigenvalue weighted by Gasteiger charge is -2.26. The molecule has 1 unspecified atom stereocenters. The Labute approximate surface area is 131 Å². The van der Waals surface area contributed by atoms with Crippen LogP contribution in [0.5, 0.6) is 0 Å². The van der Waals surface area contributed by atoms with Gasteiger partial charge in [-0.2, -0.15) is 5.26 Å². The Hall–Kier alpha value is -1.08. The zero-order chi connectivity index (χ0) is 14.7. The first-order chi connectivity index (χ1) is 10.2. The standard InChI is InChI=1S/C17H22ClN3/c18-17-8-14(9-19)5-6-15(17)11-21(10-13-3-4-13)12-16-2-1-7-20-16/h5-6,8,13,16,20H,1-4,7,10-12H2. The van der Waals surface area contributed by atoms with E-state index in [2.05, 4.69) is 16.3 Å². The maximum absolute atomic E-state index is 8.92. The van der Waals surface area contributed by atoms with Crippen molar-refractivity contribution in [1.29, 1.82) is 5.26 Å². The van der Waals surface area contributed by atoms with Crippen molar-refractivity contribution < 1.29 is 0 Å². The molecule has 3 rings (SSSR count). The molecule has 0 radical (unpaired) electrons. The van der Waals surface area contributed by atoms with Crippen molar-refractivity contribution in [2.45, 2.75) is 38.3 Å². The minimum Gasteiger partial charge on any atom is -0.313 e. The molecular formula is C17H22ClN3. The number of nitrogens with one attached hydrogen (secondary N) is 1. The number of benzene rings is 1. The highest BCUT2D eigenvalue weighted by molar-refractivity contribution is 6.31. The minimum absolute atomic E-state index is 0.626. The lowest BCUT2D eigenvalue weighted by Crippen LogP contribution is -2.38. The van der Waals surface area contributed by atoms with E-state index in [4.69, 9.17) is 16.9 Å². The van der Waals surface area contributed by atoms with Crippen molar-refractivity contribution in [2.24, 2.45) is 5.92 Å². The summed E-state index contributed by atoms with van der Waals surface area (Å²) in [4.78, 5) is 2.54. The Morgan fingerprint density at radius 2 is 2.14 bits per heavy atom. The molecule has 21 heavy (non-hydrogen) atoms. The number of nitrogens with zero attached hydrogens (tertiary/aromatic N) is 2. The van der Waals surface area contributed by atoms with E-state index < -0.39 is 0 Å². The Kier molecular flexibility index (Phi) is 4.80. The van der Waals surface area contributed by atoms with Crippen LogP contribution in [-0.4, -0.2) is 30.6 Å². The van der Waals surface area contributed by atoms with Crippen molar-refractivity contribution in [3.8, 4) is 6.07 Å². The van der Waals surface area contributed by atoms with Crippen LogP contribution in [0.4, 0.5) is 0 Å². The number of rotatable bonds is 6. The Morgan fingerprint density at radius 1 is 1.29 bits per heavy atom. The summed E-state index contributed by atoms with van der Waals surface area (Å²) in [6, 6.07) is 8.41. The molecule has 4 heteroatoms. The van der Waals surface area contributed by atoms with Gasteiger partial charge in [0.2, 0.25) is 0 Å². The molecule has 1 saturated heterocycles. The van der Waals surface area contributed by atoms with E-state index in [-0.39, 0.29) is 0 Å². The molecule has 1 N–H and O–H groups in total. The van der Waals surface area contributed by atoms with E-state index in [1.165, 1.54) is 32.2 Å². The third kappa shape index (κ3) is 4.20. The summed E-state index contributed by atoms with van der Waals surface area (Å²) in [5.41, 5.74) is 1.77. The van der Waals surface area contributed by atoms with Gasteiger partial charge in [-0.1, -0.05) is 17.7 Å². The predicted octanol–water partition coefficient (Wildman–Crippen LogP) is 3.18. The highest BCUT2D eigenvalue weighted by atomic mass is 35.5. The average Bonchev–Trinajstić information content (AvgIpc) is 3.14. The van der Waals surface area contributed by atoms with Crippen LogP contribution >= 0.6 is 11.6 Å². The summed E-state index contributed by atoms with van der Waals surface area (Å²) in [5.74, 6) is 0.878. The van der Waals surface area contributed by atoms with E-state index >= 15 is 0 Å². The molecule has 0 bridgehead atoms. The molecule has 1 aliphatic carbocycles. The van der Waals surface area contributed by atoms with Crippen molar-refractivity contribution >= 4 is 11.6 Å². The van der Waals surface area contributed by atoms with Crippen molar-refractivity contribution in [2.75, 3.05) is 19.6 Å². The molecule has 1 heterocycles. The van der Waals surface area contributed by atoms with Crippen LogP contribution in [0, 0.1) is 17.2 Å². The molecule has 0 aromatic heterocycles. The Morgan fingerprint density at radius 3 is 2.76 bits per heavy atom. The molecule has 112 valence electrons. The van der Waals surface area contributed by atoms with Gasteiger partial charge in [0.25, 0.3) is 0 Å². The van der Waals surface area contributed by atoms with Crippen LogP contribution in [0.1, 0.15) is 36.8 Å². The fourth-order valence-electron chi connectivity index (χ4n) is 3.08. The monoisotopic (exact) mass is 303 g/mol. The fraction of sp³-hybridized carbons (Fsp3) is 0.588. The first-order valence-corrected chi connectivity index (χ1v) is 8.26. The molecule has 1 atom stereocenters. The summed E-state index contributed by atoms with van der Waals surface area (Å²) >= 11 is 6.33.